The number of benzene rings is 1. The van der Waals surface area contributed by atoms with Crippen molar-refractivity contribution in [3.05, 3.63) is 54.0 Å². The van der Waals surface area contributed by atoms with Crippen molar-refractivity contribution >= 4 is 10.9 Å². The van der Waals surface area contributed by atoms with Crippen LogP contribution in [0.1, 0.15) is 17.3 Å². The number of aryl methyl sites for hydroxylation is 1. The molecule has 0 fully saturated rings. The van der Waals surface area contributed by atoms with E-state index in [9.17, 15) is 0 Å². The molecule has 0 aliphatic heterocycles. The SMILES string of the molecule is Cn1cc(C(N)c2ccc3ncccc3c2)nn1. The number of fused-ring (bicyclic) bond motifs is 1. The highest BCUT2D eigenvalue weighted by molar-refractivity contribution is 5.79. The Morgan fingerprint density at radius 2 is 2.17 bits per heavy atom. The Morgan fingerprint density at radius 3 is 2.94 bits per heavy atom. The summed E-state index contributed by atoms with van der Waals surface area (Å²) in [7, 11) is 1.83. The molecule has 0 aliphatic rings. The van der Waals surface area contributed by atoms with Crippen LogP contribution in [0, 0.1) is 0 Å². The third-order valence-electron chi connectivity index (χ3n) is 2.93. The maximum atomic E-state index is 6.18. The number of pyridine rings is 1. The number of hydrogen-bond donors (Lipinski definition) is 1. The van der Waals surface area contributed by atoms with Gasteiger partial charge < -0.3 is 5.73 Å². The summed E-state index contributed by atoms with van der Waals surface area (Å²) < 4.78 is 1.65. The predicted molar refractivity (Wildman–Crippen MR) is 68.8 cm³/mol. The predicted octanol–water partition coefficient (Wildman–Crippen LogP) is 1.41. The lowest BCUT2D eigenvalue weighted by Crippen LogP contribution is -2.12. The summed E-state index contributed by atoms with van der Waals surface area (Å²) >= 11 is 0. The van der Waals surface area contributed by atoms with Gasteiger partial charge in [-0.05, 0) is 23.8 Å². The van der Waals surface area contributed by atoms with E-state index in [2.05, 4.69) is 15.3 Å². The van der Waals surface area contributed by atoms with Gasteiger partial charge in [0.1, 0.15) is 5.69 Å². The molecule has 2 aromatic heterocycles. The Labute approximate surface area is 104 Å². The number of hydrogen-bond acceptors (Lipinski definition) is 4. The van der Waals surface area contributed by atoms with Gasteiger partial charge in [-0.15, -0.1) is 5.10 Å². The maximum Gasteiger partial charge on any atom is 0.104 e. The Kier molecular flexibility index (Phi) is 2.53. The van der Waals surface area contributed by atoms with Gasteiger partial charge in [0.05, 0.1) is 17.8 Å². The molecule has 90 valence electrons. The molecule has 3 rings (SSSR count). The largest absolute Gasteiger partial charge is 0.319 e. The van der Waals surface area contributed by atoms with E-state index in [4.69, 9.17) is 5.73 Å². The molecule has 0 radical (unpaired) electrons. The molecule has 18 heavy (non-hydrogen) atoms. The minimum atomic E-state index is -0.261. The molecule has 0 saturated carbocycles. The quantitative estimate of drug-likeness (QED) is 0.734. The third kappa shape index (κ3) is 1.84. The normalized spacial score (nSPS) is 12.8. The van der Waals surface area contributed by atoms with E-state index in [1.807, 2.05) is 43.6 Å². The third-order valence-corrected chi connectivity index (χ3v) is 2.93. The van der Waals surface area contributed by atoms with Crippen molar-refractivity contribution in [3.8, 4) is 0 Å². The second kappa shape index (κ2) is 4.19. The van der Waals surface area contributed by atoms with Gasteiger partial charge in [0.15, 0.2) is 0 Å². The molecular weight excluding hydrogens is 226 g/mol. The lowest BCUT2D eigenvalue weighted by atomic mass is 10.0. The van der Waals surface area contributed by atoms with Gasteiger partial charge in [-0.2, -0.15) is 0 Å². The lowest BCUT2D eigenvalue weighted by Gasteiger charge is -2.09. The topological polar surface area (TPSA) is 69.6 Å². The number of rotatable bonds is 2. The zero-order valence-electron chi connectivity index (χ0n) is 9.99. The van der Waals surface area contributed by atoms with Gasteiger partial charge in [-0.1, -0.05) is 17.3 Å². The van der Waals surface area contributed by atoms with Crippen molar-refractivity contribution in [2.45, 2.75) is 6.04 Å². The Balaban J connectivity index is 2.03. The van der Waals surface area contributed by atoms with E-state index < -0.39 is 0 Å². The first kappa shape index (κ1) is 10.9. The Morgan fingerprint density at radius 1 is 1.28 bits per heavy atom. The fourth-order valence-corrected chi connectivity index (χ4v) is 1.97. The van der Waals surface area contributed by atoms with Gasteiger partial charge in [0.2, 0.25) is 0 Å². The molecule has 2 heterocycles. The van der Waals surface area contributed by atoms with Crippen molar-refractivity contribution in [1.82, 2.24) is 20.0 Å². The fraction of sp³-hybridized carbons (Fsp3) is 0.154. The number of aromatic nitrogens is 4. The highest BCUT2D eigenvalue weighted by Crippen LogP contribution is 2.21. The van der Waals surface area contributed by atoms with Crippen molar-refractivity contribution in [1.29, 1.82) is 0 Å². The van der Waals surface area contributed by atoms with Crippen LogP contribution in [-0.4, -0.2) is 20.0 Å². The average molecular weight is 239 g/mol. The van der Waals surface area contributed by atoms with Crippen LogP contribution in [0.5, 0.6) is 0 Å². The van der Waals surface area contributed by atoms with Crippen LogP contribution in [0.25, 0.3) is 10.9 Å². The second-order valence-corrected chi connectivity index (χ2v) is 4.25. The highest BCUT2D eigenvalue weighted by atomic mass is 15.4. The molecule has 5 heteroatoms. The van der Waals surface area contributed by atoms with Gasteiger partial charge >= 0.3 is 0 Å². The van der Waals surface area contributed by atoms with Crippen LogP contribution in [0.4, 0.5) is 0 Å². The molecule has 0 aliphatic carbocycles. The molecule has 0 bridgehead atoms. The van der Waals surface area contributed by atoms with Crippen molar-refractivity contribution in [2.75, 3.05) is 0 Å². The zero-order chi connectivity index (χ0) is 12.5. The first-order chi connectivity index (χ1) is 8.74. The van der Waals surface area contributed by atoms with Crippen LogP contribution in [-0.2, 0) is 7.05 Å². The highest BCUT2D eigenvalue weighted by Gasteiger charge is 2.12. The first-order valence-electron chi connectivity index (χ1n) is 5.70. The molecular formula is C13H13N5. The summed E-state index contributed by atoms with van der Waals surface area (Å²) in [4.78, 5) is 4.29. The standard InChI is InChI=1S/C13H13N5/c1-18-8-12(16-17-18)13(14)10-4-5-11-9(7-10)3-2-6-15-11/h2-8,13H,14H2,1H3. The molecule has 0 saturated heterocycles. The van der Waals surface area contributed by atoms with Crippen LogP contribution < -0.4 is 5.73 Å². The Bertz CT molecular complexity index is 688. The summed E-state index contributed by atoms with van der Waals surface area (Å²) in [6.07, 6.45) is 3.61. The molecule has 2 N–H and O–H groups in total. The summed E-state index contributed by atoms with van der Waals surface area (Å²) in [5, 5.41) is 9.02. The lowest BCUT2D eigenvalue weighted by molar-refractivity contribution is 0.711. The molecule has 0 spiro atoms. The van der Waals surface area contributed by atoms with E-state index in [0.29, 0.717) is 0 Å². The minimum Gasteiger partial charge on any atom is -0.319 e. The summed E-state index contributed by atoms with van der Waals surface area (Å²) in [6.45, 7) is 0. The average Bonchev–Trinajstić information content (AvgIpc) is 2.84. The Hall–Kier alpha value is -2.27. The van der Waals surface area contributed by atoms with Crippen LogP contribution in [0.15, 0.2) is 42.7 Å². The number of nitrogens with zero attached hydrogens (tertiary/aromatic N) is 4. The monoisotopic (exact) mass is 239 g/mol. The molecule has 5 nitrogen and oxygen atoms in total. The summed E-state index contributed by atoms with van der Waals surface area (Å²) in [5.41, 5.74) is 8.92. The van der Waals surface area contributed by atoms with Crippen molar-refractivity contribution in [3.63, 3.8) is 0 Å². The maximum absolute atomic E-state index is 6.18. The molecule has 3 aromatic rings. The first-order valence-corrected chi connectivity index (χ1v) is 5.70. The van der Waals surface area contributed by atoms with E-state index in [1.54, 1.807) is 10.9 Å². The van der Waals surface area contributed by atoms with Crippen molar-refractivity contribution < 1.29 is 0 Å². The fourth-order valence-electron chi connectivity index (χ4n) is 1.97. The van der Waals surface area contributed by atoms with E-state index >= 15 is 0 Å². The summed E-state index contributed by atoms with van der Waals surface area (Å²) in [5.74, 6) is 0. The number of nitrogens with two attached hydrogens (primary N) is 1. The molecule has 1 aromatic carbocycles. The van der Waals surface area contributed by atoms with Gasteiger partial charge in [0, 0.05) is 18.6 Å². The zero-order valence-corrected chi connectivity index (χ0v) is 9.99. The van der Waals surface area contributed by atoms with Crippen LogP contribution in [0.2, 0.25) is 0 Å². The smallest absolute Gasteiger partial charge is 0.104 e. The molecule has 1 unspecified atom stereocenters. The van der Waals surface area contributed by atoms with Crippen LogP contribution >= 0.6 is 0 Å². The second-order valence-electron chi connectivity index (χ2n) is 4.25. The van der Waals surface area contributed by atoms with E-state index in [-0.39, 0.29) is 6.04 Å². The van der Waals surface area contributed by atoms with Gasteiger partial charge in [0.25, 0.3) is 0 Å². The molecule has 0 amide bonds. The minimum absolute atomic E-state index is 0.261. The molecule has 1 atom stereocenters. The summed E-state index contributed by atoms with van der Waals surface area (Å²) in [6, 6.07) is 9.68. The van der Waals surface area contributed by atoms with Crippen LogP contribution in [0.3, 0.4) is 0 Å². The van der Waals surface area contributed by atoms with E-state index in [0.717, 1.165) is 22.2 Å². The van der Waals surface area contributed by atoms with E-state index in [1.165, 1.54) is 0 Å². The van der Waals surface area contributed by atoms with Gasteiger partial charge in [-0.3, -0.25) is 9.67 Å². The van der Waals surface area contributed by atoms with Crippen molar-refractivity contribution in [2.24, 2.45) is 12.8 Å². The van der Waals surface area contributed by atoms with Gasteiger partial charge in [-0.25, -0.2) is 0 Å².